The summed E-state index contributed by atoms with van der Waals surface area (Å²) in [6, 6.07) is 9.35. The molecule has 7 nitrogen and oxygen atoms in total. The van der Waals surface area contributed by atoms with Gasteiger partial charge in [0.1, 0.15) is 19.0 Å². The van der Waals surface area contributed by atoms with E-state index in [-0.39, 0.29) is 34.6 Å². The molecule has 10 heteroatoms. The standard InChI is InChI=1S/C25H24ClFN2O5S/c1-33-20-9-8-16(12-21(20)34-15-17-18(26)6-5-7-19(17)27)13-22-24(31)29(25(32)35-22)14-23(30)28-10-3-2-4-11-28/h5-9,12-13H,2-4,10-11,14-15H2,1H3/b22-13+. The zero-order valence-electron chi connectivity index (χ0n) is 19.1. The van der Waals surface area contributed by atoms with E-state index in [0.29, 0.717) is 30.2 Å². The molecule has 0 saturated carbocycles. The molecule has 184 valence electrons. The summed E-state index contributed by atoms with van der Waals surface area (Å²) in [7, 11) is 1.47. The maximum absolute atomic E-state index is 14.1. The molecule has 4 rings (SSSR count). The maximum atomic E-state index is 14.1. The lowest BCUT2D eigenvalue weighted by Gasteiger charge is -2.27. The number of methoxy groups -OCH3 is 1. The van der Waals surface area contributed by atoms with Gasteiger partial charge < -0.3 is 14.4 Å². The summed E-state index contributed by atoms with van der Waals surface area (Å²) in [5, 5.41) is -0.237. The van der Waals surface area contributed by atoms with E-state index in [9.17, 15) is 18.8 Å². The van der Waals surface area contributed by atoms with Crippen molar-refractivity contribution >= 4 is 46.5 Å². The summed E-state index contributed by atoms with van der Waals surface area (Å²) in [5.41, 5.74) is 0.786. The van der Waals surface area contributed by atoms with Gasteiger partial charge in [-0.2, -0.15) is 0 Å². The van der Waals surface area contributed by atoms with Crippen LogP contribution >= 0.6 is 23.4 Å². The summed E-state index contributed by atoms with van der Waals surface area (Å²) in [6.45, 7) is 0.915. The van der Waals surface area contributed by atoms with Crippen LogP contribution in [0.1, 0.15) is 30.4 Å². The van der Waals surface area contributed by atoms with Crippen LogP contribution in [0.3, 0.4) is 0 Å². The normalized spacial score (nSPS) is 17.3. The van der Waals surface area contributed by atoms with Crippen molar-refractivity contribution in [3.05, 3.63) is 63.3 Å². The van der Waals surface area contributed by atoms with E-state index < -0.39 is 17.0 Å². The zero-order valence-corrected chi connectivity index (χ0v) is 20.7. The van der Waals surface area contributed by atoms with Crippen molar-refractivity contribution < 1.29 is 28.2 Å². The van der Waals surface area contributed by atoms with Crippen LogP contribution in [0.15, 0.2) is 41.3 Å². The minimum absolute atomic E-state index is 0.125. The lowest BCUT2D eigenvalue weighted by Crippen LogP contribution is -2.44. The highest BCUT2D eigenvalue weighted by Gasteiger charge is 2.37. The second kappa shape index (κ2) is 11.1. The minimum Gasteiger partial charge on any atom is -0.493 e. The van der Waals surface area contributed by atoms with Gasteiger partial charge in [0.25, 0.3) is 11.1 Å². The molecule has 2 aromatic rings. The number of rotatable bonds is 7. The number of carbonyl (C=O) groups is 3. The molecule has 0 unspecified atom stereocenters. The van der Waals surface area contributed by atoms with E-state index in [1.807, 2.05) is 0 Å². The van der Waals surface area contributed by atoms with Crippen LogP contribution < -0.4 is 9.47 Å². The molecule has 35 heavy (non-hydrogen) atoms. The summed E-state index contributed by atoms with van der Waals surface area (Å²) in [6.07, 6.45) is 4.49. The third-order valence-electron chi connectivity index (χ3n) is 5.79. The van der Waals surface area contributed by atoms with Gasteiger partial charge in [0.2, 0.25) is 5.91 Å². The number of halogens is 2. The Kier molecular flexibility index (Phi) is 7.97. The van der Waals surface area contributed by atoms with Gasteiger partial charge in [0, 0.05) is 18.7 Å². The van der Waals surface area contributed by atoms with Crippen molar-refractivity contribution in [3.63, 3.8) is 0 Å². The van der Waals surface area contributed by atoms with Crippen LogP contribution in [0, 0.1) is 5.82 Å². The maximum Gasteiger partial charge on any atom is 0.294 e. The van der Waals surface area contributed by atoms with Crippen molar-refractivity contribution in [2.75, 3.05) is 26.7 Å². The number of carbonyl (C=O) groups excluding carboxylic acids is 3. The number of ether oxygens (including phenoxy) is 2. The predicted molar refractivity (Wildman–Crippen MR) is 132 cm³/mol. The quantitative estimate of drug-likeness (QED) is 0.474. The van der Waals surface area contributed by atoms with Gasteiger partial charge in [-0.15, -0.1) is 0 Å². The van der Waals surface area contributed by atoms with Gasteiger partial charge in [0.15, 0.2) is 11.5 Å². The number of hydrogen-bond acceptors (Lipinski definition) is 6. The molecule has 2 aliphatic heterocycles. The van der Waals surface area contributed by atoms with Gasteiger partial charge in [-0.1, -0.05) is 23.7 Å². The van der Waals surface area contributed by atoms with Gasteiger partial charge in [-0.25, -0.2) is 4.39 Å². The SMILES string of the molecule is COc1ccc(/C=C2/SC(=O)N(CC(=O)N3CCCCC3)C2=O)cc1OCc1c(F)cccc1Cl. The molecule has 0 radical (unpaired) electrons. The highest BCUT2D eigenvalue weighted by molar-refractivity contribution is 8.18. The van der Waals surface area contributed by atoms with E-state index in [2.05, 4.69) is 0 Å². The predicted octanol–water partition coefficient (Wildman–Crippen LogP) is 5.12. The fourth-order valence-corrected chi connectivity index (χ4v) is 4.94. The Morgan fingerprint density at radius 2 is 1.91 bits per heavy atom. The van der Waals surface area contributed by atoms with Gasteiger partial charge in [0.05, 0.1) is 17.0 Å². The third-order valence-corrected chi connectivity index (χ3v) is 7.06. The van der Waals surface area contributed by atoms with E-state index in [0.717, 1.165) is 35.9 Å². The molecule has 0 aliphatic carbocycles. The molecular formula is C25H24ClFN2O5S. The number of benzene rings is 2. The minimum atomic E-state index is -0.512. The van der Waals surface area contributed by atoms with Crippen LogP contribution in [0.2, 0.25) is 5.02 Å². The van der Waals surface area contributed by atoms with E-state index in [1.165, 1.54) is 19.2 Å². The molecule has 0 aromatic heterocycles. The first-order valence-corrected chi connectivity index (χ1v) is 12.3. The molecule has 2 aliphatic rings. The molecule has 3 amide bonds. The van der Waals surface area contributed by atoms with Crippen molar-refractivity contribution in [2.45, 2.75) is 25.9 Å². The Hall–Kier alpha value is -3.04. The van der Waals surface area contributed by atoms with E-state index in [1.54, 1.807) is 35.2 Å². The Morgan fingerprint density at radius 1 is 1.14 bits per heavy atom. The van der Waals surface area contributed by atoms with Crippen LogP contribution in [-0.2, 0) is 16.2 Å². The first-order chi connectivity index (χ1) is 16.9. The molecule has 2 heterocycles. The molecular weight excluding hydrogens is 495 g/mol. The van der Waals surface area contributed by atoms with Crippen LogP contribution in [0.25, 0.3) is 6.08 Å². The average Bonchev–Trinajstić information content (AvgIpc) is 3.11. The number of nitrogens with zero attached hydrogens (tertiary/aromatic N) is 2. The molecule has 2 saturated heterocycles. The second-order valence-electron chi connectivity index (χ2n) is 8.11. The number of likely N-dealkylation sites (tertiary alicyclic amines) is 1. The molecule has 0 spiro atoms. The van der Waals surface area contributed by atoms with Gasteiger partial charge in [-0.05, 0) is 66.9 Å². The fraction of sp³-hybridized carbons (Fsp3) is 0.320. The van der Waals surface area contributed by atoms with Crippen molar-refractivity contribution in [3.8, 4) is 11.5 Å². The molecule has 0 atom stereocenters. The number of hydrogen-bond donors (Lipinski definition) is 0. The van der Waals surface area contributed by atoms with Crippen LogP contribution in [0.4, 0.5) is 9.18 Å². The average molecular weight is 519 g/mol. The smallest absolute Gasteiger partial charge is 0.294 e. The lowest BCUT2D eigenvalue weighted by atomic mass is 10.1. The van der Waals surface area contributed by atoms with E-state index >= 15 is 0 Å². The molecule has 0 bridgehead atoms. The number of piperidine rings is 1. The highest BCUT2D eigenvalue weighted by atomic mass is 35.5. The third kappa shape index (κ3) is 5.79. The monoisotopic (exact) mass is 518 g/mol. The summed E-state index contributed by atoms with van der Waals surface area (Å²) >= 11 is 6.86. The Bertz CT molecular complexity index is 1160. The summed E-state index contributed by atoms with van der Waals surface area (Å²) in [4.78, 5) is 40.8. The largest absolute Gasteiger partial charge is 0.493 e. The van der Waals surface area contributed by atoms with Crippen molar-refractivity contribution in [1.82, 2.24) is 9.80 Å². The summed E-state index contributed by atoms with van der Waals surface area (Å²) < 4.78 is 25.2. The highest BCUT2D eigenvalue weighted by Crippen LogP contribution is 2.35. The number of thioether (sulfide) groups is 1. The zero-order chi connectivity index (χ0) is 24.9. The van der Waals surface area contributed by atoms with Gasteiger partial charge >= 0.3 is 0 Å². The first kappa shape index (κ1) is 25.1. The van der Waals surface area contributed by atoms with Crippen molar-refractivity contribution in [2.24, 2.45) is 0 Å². The Labute approximate surface area is 211 Å². The number of imide groups is 1. The molecule has 2 aromatic carbocycles. The lowest BCUT2D eigenvalue weighted by molar-refractivity contribution is -0.136. The van der Waals surface area contributed by atoms with E-state index in [4.69, 9.17) is 21.1 Å². The Morgan fingerprint density at radius 3 is 2.63 bits per heavy atom. The van der Waals surface area contributed by atoms with Crippen molar-refractivity contribution in [1.29, 1.82) is 0 Å². The second-order valence-corrected chi connectivity index (χ2v) is 9.51. The fourth-order valence-electron chi connectivity index (χ4n) is 3.88. The molecule has 0 N–H and O–H groups in total. The van der Waals surface area contributed by atoms with Crippen LogP contribution in [0.5, 0.6) is 11.5 Å². The topological polar surface area (TPSA) is 76.2 Å². The molecule has 2 fully saturated rings. The number of amides is 3. The first-order valence-electron chi connectivity index (χ1n) is 11.1. The van der Waals surface area contributed by atoms with Gasteiger partial charge in [-0.3, -0.25) is 19.3 Å². The Balaban J connectivity index is 1.49. The van der Waals surface area contributed by atoms with Crippen LogP contribution in [-0.4, -0.2) is 53.6 Å². The summed E-state index contributed by atoms with van der Waals surface area (Å²) in [5.74, 6) is -0.489.